The van der Waals surface area contributed by atoms with E-state index < -0.39 is 11.6 Å². The molecule has 0 unspecified atom stereocenters. The number of ether oxygens (including phenoxy) is 2. The second-order valence-corrected chi connectivity index (χ2v) is 12.2. The zero-order valence-electron chi connectivity index (χ0n) is 22.9. The second-order valence-electron chi connectivity index (χ2n) is 12.2. The van der Waals surface area contributed by atoms with Crippen LogP contribution in [0.5, 0.6) is 5.75 Å². The third-order valence-electron chi connectivity index (χ3n) is 7.74. The number of benzene rings is 1. The Labute approximate surface area is 217 Å². The molecule has 0 saturated carbocycles. The van der Waals surface area contributed by atoms with Crippen LogP contribution in [0.3, 0.4) is 0 Å². The van der Waals surface area contributed by atoms with Crippen LogP contribution < -0.4 is 0 Å². The summed E-state index contributed by atoms with van der Waals surface area (Å²) in [4.78, 5) is 9.68. The van der Waals surface area contributed by atoms with Crippen molar-refractivity contribution in [3.8, 4) is 17.0 Å². The molecule has 0 bridgehead atoms. The van der Waals surface area contributed by atoms with Crippen molar-refractivity contribution >= 4 is 11.0 Å². The van der Waals surface area contributed by atoms with E-state index >= 15 is 0 Å². The molecule has 2 aliphatic heterocycles. The number of aromatic hydroxyl groups is 1. The fraction of sp³-hybridized carbons (Fsp3) is 0.571. The predicted molar refractivity (Wildman–Crippen MR) is 141 cm³/mol. The molecule has 0 aliphatic carbocycles. The smallest absolute Gasteiger partial charge is 0.163 e. The summed E-state index contributed by atoms with van der Waals surface area (Å²) in [6.45, 7) is 18.8. The third kappa shape index (κ3) is 5.10. The average molecular weight is 512 g/mol. The SMILES string of the molecule is Cc1n[nH]c2nc(-c3ccc(O)cc3F)cc(CN3CC(C)(C)N(C[C@H]4COC(C)(C)O4)CC3(C)C)c12. The first-order valence-electron chi connectivity index (χ1n) is 12.9. The van der Waals surface area contributed by atoms with Crippen LogP contribution >= 0.6 is 0 Å². The highest BCUT2D eigenvalue weighted by Crippen LogP contribution is 2.36. The van der Waals surface area contributed by atoms with E-state index in [4.69, 9.17) is 9.47 Å². The normalized spacial score (nSPS) is 23.6. The first-order chi connectivity index (χ1) is 17.2. The third-order valence-corrected chi connectivity index (χ3v) is 7.74. The van der Waals surface area contributed by atoms with Crippen molar-refractivity contribution in [3.05, 3.63) is 41.3 Å². The largest absolute Gasteiger partial charge is 0.508 e. The van der Waals surface area contributed by atoms with Gasteiger partial charge in [-0.1, -0.05) is 0 Å². The second kappa shape index (κ2) is 9.01. The van der Waals surface area contributed by atoms with Crippen LogP contribution in [0.1, 0.15) is 52.8 Å². The molecule has 1 atom stereocenters. The van der Waals surface area contributed by atoms with Gasteiger partial charge in [0.15, 0.2) is 11.4 Å². The molecule has 4 heterocycles. The topological polar surface area (TPSA) is 86.7 Å². The van der Waals surface area contributed by atoms with Crippen molar-refractivity contribution in [3.63, 3.8) is 0 Å². The number of hydrogen-bond donors (Lipinski definition) is 2. The van der Waals surface area contributed by atoms with Crippen LogP contribution in [-0.2, 0) is 16.0 Å². The lowest BCUT2D eigenvalue weighted by Crippen LogP contribution is -2.68. The molecule has 37 heavy (non-hydrogen) atoms. The predicted octanol–water partition coefficient (Wildman–Crippen LogP) is 4.60. The number of nitrogens with zero attached hydrogens (tertiary/aromatic N) is 4. The molecular formula is C28H38FN5O3. The Balaban J connectivity index is 1.44. The fourth-order valence-corrected chi connectivity index (χ4v) is 5.70. The summed E-state index contributed by atoms with van der Waals surface area (Å²) >= 11 is 0. The van der Waals surface area contributed by atoms with Gasteiger partial charge in [-0.25, -0.2) is 9.37 Å². The van der Waals surface area contributed by atoms with E-state index in [2.05, 4.69) is 52.7 Å². The van der Waals surface area contributed by atoms with Gasteiger partial charge >= 0.3 is 0 Å². The minimum absolute atomic E-state index is 0.0489. The van der Waals surface area contributed by atoms with Crippen LogP contribution in [0.2, 0.25) is 0 Å². The van der Waals surface area contributed by atoms with E-state index in [-0.39, 0.29) is 22.9 Å². The Hall–Kier alpha value is -2.59. The number of fused-ring (bicyclic) bond motifs is 1. The van der Waals surface area contributed by atoms with E-state index in [1.807, 2.05) is 26.8 Å². The van der Waals surface area contributed by atoms with Crippen LogP contribution in [-0.4, -0.2) is 79.3 Å². The summed E-state index contributed by atoms with van der Waals surface area (Å²) in [6.07, 6.45) is 0.0489. The van der Waals surface area contributed by atoms with Gasteiger partial charge in [0.2, 0.25) is 0 Å². The van der Waals surface area contributed by atoms with Crippen molar-refractivity contribution < 1.29 is 19.0 Å². The van der Waals surface area contributed by atoms with Gasteiger partial charge in [-0.2, -0.15) is 5.10 Å². The molecule has 1 aromatic carbocycles. The lowest BCUT2D eigenvalue weighted by Gasteiger charge is -2.55. The summed E-state index contributed by atoms with van der Waals surface area (Å²) in [7, 11) is 0. The Morgan fingerprint density at radius 2 is 1.78 bits per heavy atom. The molecular weight excluding hydrogens is 473 g/mol. The molecule has 5 rings (SSSR count). The van der Waals surface area contributed by atoms with Gasteiger partial charge < -0.3 is 14.6 Å². The summed E-state index contributed by atoms with van der Waals surface area (Å²) in [6, 6.07) is 6.12. The van der Waals surface area contributed by atoms with E-state index in [1.54, 1.807) is 6.07 Å². The molecule has 2 aliphatic rings. The molecule has 0 spiro atoms. The quantitative estimate of drug-likeness (QED) is 0.518. The number of aromatic nitrogens is 3. The van der Waals surface area contributed by atoms with Crippen LogP contribution in [0, 0.1) is 12.7 Å². The molecule has 2 saturated heterocycles. The molecule has 0 radical (unpaired) electrons. The lowest BCUT2D eigenvalue weighted by molar-refractivity contribution is -0.146. The Bertz CT molecular complexity index is 1320. The zero-order valence-corrected chi connectivity index (χ0v) is 22.9. The van der Waals surface area contributed by atoms with Gasteiger partial charge in [-0.15, -0.1) is 0 Å². The number of halogens is 1. The number of phenols is 1. The van der Waals surface area contributed by atoms with Crippen LogP contribution in [0.4, 0.5) is 4.39 Å². The van der Waals surface area contributed by atoms with Gasteiger partial charge in [-0.3, -0.25) is 14.9 Å². The zero-order chi connectivity index (χ0) is 26.8. The first-order valence-corrected chi connectivity index (χ1v) is 12.9. The van der Waals surface area contributed by atoms with E-state index in [1.165, 1.54) is 6.07 Å². The number of nitrogens with one attached hydrogen (secondary N) is 1. The molecule has 9 heteroatoms. The van der Waals surface area contributed by atoms with Gasteiger partial charge in [0.1, 0.15) is 11.6 Å². The molecule has 200 valence electrons. The number of H-pyrrole nitrogens is 1. The standard InChI is InChI=1S/C28H38FN5O3/c1-17-24-18(10-23(30-25(24)32-31-17)21-9-8-19(35)11-22(21)29)12-33-15-27(4,5)34(16-26(33,2)3)13-20-14-36-28(6,7)37-20/h8-11,20,35H,12-16H2,1-7H3,(H,30,31,32)/t20-/m0/s1. The number of piperazine rings is 1. The summed E-state index contributed by atoms with van der Waals surface area (Å²) in [5, 5.41) is 18.0. The van der Waals surface area contributed by atoms with E-state index in [9.17, 15) is 9.50 Å². The highest BCUT2D eigenvalue weighted by Gasteiger charge is 2.45. The average Bonchev–Trinajstić information content (AvgIpc) is 3.33. The first kappa shape index (κ1) is 26.0. The number of aryl methyl sites for hydroxylation is 1. The number of rotatable bonds is 5. The maximum Gasteiger partial charge on any atom is 0.163 e. The molecule has 2 N–H and O–H groups in total. The highest BCUT2D eigenvalue weighted by atomic mass is 19.1. The van der Waals surface area contributed by atoms with Crippen LogP contribution in [0.15, 0.2) is 24.3 Å². The maximum absolute atomic E-state index is 14.8. The van der Waals surface area contributed by atoms with Crippen molar-refractivity contribution in [1.82, 2.24) is 25.0 Å². The number of pyridine rings is 1. The minimum atomic E-state index is -0.532. The molecule has 2 aromatic heterocycles. The fourth-order valence-electron chi connectivity index (χ4n) is 5.70. The van der Waals surface area contributed by atoms with E-state index in [0.717, 1.165) is 42.3 Å². The monoisotopic (exact) mass is 511 g/mol. The van der Waals surface area contributed by atoms with Gasteiger partial charge in [0.05, 0.1) is 24.1 Å². The number of phenolic OH excluding ortho intramolecular Hbond substituents is 1. The van der Waals surface area contributed by atoms with Crippen molar-refractivity contribution in [2.24, 2.45) is 0 Å². The maximum atomic E-state index is 14.8. The van der Waals surface area contributed by atoms with Gasteiger partial charge in [0.25, 0.3) is 0 Å². The summed E-state index contributed by atoms with van der Waals surface area (Å²) < 4.78 is 26.7. The molecule has 0 amide bonds. The van der Waals surface area contributed by atoms with Gasteiger partial charge in [-0.05, 0) is 72.2 Å². The molecule has 3 aromatic rings. The number of hydrogen-bond acceptors (Lipinski definition) is 7. The summed E-state index contributed by atoms with van der Waals surface area (Å²) in [5.74, 6) is -1.15. The molecule has 2 fully saturated rings. The van der Waals surface area contributed by atoms with Crippen molar-refractivity contribution in [1.29, 1.82) is 0 Å². The number of aromatic amines is 1. The van der Waals surface area contributed by atoms with Crippen LogP contribution in [0.25, 0.3) is 22.3 Å². The highest BCUT2D eigenvalue weighted by molar-refractivity contribution is 5.84. The summed E-state index contributed by atoms with van der Waals surface area (Å²) in [5.41, 5.74) is 3.20. The lowest BCUT2D eigenvalue weighted by atomic mass is 9.87. The van der Waals surface area contributed by atoms with Crippen molar-refractivity contribution in [2.75, 3.05) is 26.2 Å². The van der Waals surface area contributed by atoms with E-state index in [0.29, 0.717) is 30.1 Å². The minimum Gasteiger partial charge on any atom is -0.508 e. The van der Waals surface area contributed by atoms with Gasteiger partial charge in [0, 0.05) is 54.3 Å². The Kier molecular flexibility index (Phi) is 6.34. The molecule has 8 nitrogen and oxygen atoms in total. The Morgan fingerprint density at radius 1 is 1.08 bits per heavy atom. The van der Waals surface area contributed by atoms with Crippen molar-refractivity contribution in [2.45, 2.75) is 78.0 Å². The Morgan fingerprint density at radius 3 is 2.46 bits per heavy atom.